The van der Waals surface area contributed by atoms with Gasteiger partial charge in [-0.3, -0.25) is 0 Å². The summed E-state index contributed by atoms with van der Waals surface area (Å²) in [6, 6.07) is 7.08. The highest BCUT2D eigenvalue weighted by molar-refractivity contribution is 9.10. The van der Waals surface area contributed by atoms with E-state index in [0.717, 1.165) is 13.1 Å². The van der Waals surface area contributed by atoms with E-state index < -0.39 is 0 Å². The molecule has 0 aromatic heterocycles. The molecule has 3 heteroatoms. The Hall–Kier alpha value is -0.540. The molecule has 17 heavy (non-hydrogen) atoms. The zero-order valence-electron chi connectivity index (χ0n) is 11.0. The van der Waals surface area contributed by atoms with Crippen molar-refractivity contribution in [2.45, 2.75) is 39.3 Å². The molecule has 2 rings (SSSR count). The first-order valence-corrected chi connectivity index (χ1v) is 6.96. The van der Waals surface area contributed by atoms with E-state index in [0.29, 0.717) is 6.04 Å². The van der Waals surface area contributed by atoms with Gasteiger partial charge in [-0.15, -0.1) is 0 Å². The fraction of sp³-hybridized carbons (Fsp3) is 0.571. The quantitative estimate of drug-likeness (QED) is 0.855. The van der Waals surface area contributed by atoms with Crippen LogP contribution in [0, 0.1) is 6.92 Å². The summed E-state index contributed by atoms with van der Waals surface area (Å²) in [6.07, 6.45) is 0. The van der Waals surface area contributed by atoms with Crippen LogP contribution in [0.4, 0.5) is 5.69 Å². The Morgan fingerprint density at radius 1 is 1.41 bits per heavy atom. The number of nitrogens with one attached hydrogen (secondary N) is 1. The first kappa shape index (κ1) is 12.9. The number of benzene rings is 1. The number of piperazine rings is 1. The smallest absolute Gasteiger partial charge is 0.0516 e. The molecule has 1 aliphatic rings. The molecule has 0 bridgehead atoms. The molecule has 1 unspecified atom stereocenters. The van der Waals surface area contributed by atoms with Gasteiger partial charge in [0.25, 0.3) is 0 Å². The molecule has 1 fully saturated rings. The zero-order valence-corrected chi connectivity index (χ0v) is 12.6. The normalized spacial score (nSPS) is 23.8. The third-order valence-electron chi connectivity index (χ3n) is 3.38. The Morgan fingerprint density at radius 2 is 2.12 bits per heavy atom. The molecule has 0 aliphatic carbocycles. The van der Waals surface area contributed by atoms with Crippen molar-refractivity contribution < 1.29 is 0 Å². The van der Waals surface area contributed by atoms with E-state index in [-0.39, 0.29) is 5.54 Å². The van der Waals surface area contributed by atoms with Gasteiger partial charge < -0.3 is 10.2 Å². The van der Waals surface area contributed by atoms with Crippen LogP contribution in [0.3, 0.4) is 0 Å². The summed E-state index contributed by atoms with van der Waals surface area (Å²) in [7, 11) is 0. The minimum absolute atomic E-state index is 0.176. The summed E-state index contributed by atoms with van der Waals surface area (Å²) < 4.78 is 1.19. The lowest BCUT2D eigenvalue weighted by molar-refractivity contribution is 0.318. The topological polar surface area (TPSA) is 15.3 Å². The standard InChI is InChI=1S/C14H21BrN2/c1-10-5-6-12(15)13(7-10)17-9-14(3,4)16-8-11(17)2/h5-7,11,16H,8-9H2,1-4H3. The molecular weight excluding hydrogens is 276 g/mol. The largest absolute Gasteiger partial charge is 0.365 e. The second-order valence-electron chi connectivity index (χ2n) is 5.70. The van der Waals surface area contributed by atoms with Gasteiger partial charge in [0.05, 0.1) is 5.69 Å². The van der Waals surface area contributed by atoms with Gasteiger partial charge >= 0.3 is 0 Å². The van der Waals surface area contributed by atoms with Gasteiger partial charge in [0.2, 0.25) is 0 Å². The van der Waals surface area contributed by atoms with Crippen LogP contribution in [0.15, 0.2) is 22.7 Å². The summed E-state index contributed by atoms with van der Waals surface area (Å²) in [4.78, 5) is 2.49. The van der Waals surface area contributed by atoms with Crippen LogP contribution < -0.4 is 10.2 Å². The van der Waals surface area contributed by atoms with Crippen molar-refractivity contribution in [3.63, 3.8) is 0 Å². The number of nitrogens with zero attached hydrogens (tertiary/aromatic N) is 1. The van der Waals surface area contributed by atoms with Crippen LogP contribution in [0.25, 0.3) is 0 Å². The van der Waals surface area contributed by atoms with Gasteiger partial charge in [-0.2, -0.15) is 0 Å². The maximum atomic E-state index is 3.67. The number of rotatable bonds is 1. The Kier molecular flexibility index (Phi) is 3.50. The molecule has 1 saturated heterocycles. The number of halogens is 1. The van der Waals surface area contributed by atoms with Gasteiger partial charge in [0.1, 0.15) is 0 Å². The van der Waals surface area contributed by atoms with Crippen molar-refractivity contribution >= 4 is 21.6 Å². The van der Waals surface area contributed by atoms with Gasteiger partial charge in [-0.25, -0.2) is 0 Å². The molecule has 0 amide bonds. The molecule has 1 aromatic carbocycles. The van der Waals surface area contributed by atoms with Crippen LogP contribution in [0.1, 0.15) is 26.3 Å². The molecule has 2 nitrogen and oxygen atoms in total. The van der Waals surface area contributed by atoms with E-state index in [4.69, 9.17) is 0 Å². The molecular formula is C14H21BrN2. The Balaban J connectivity index is 2.34. The average molecular weight is 297 g/mol. The third kappa shape index (κ3) is 2.83. The number of hydrogen-bond acceptors (Lipinski definition) is 2. The number of anilines is 1. The first-order valence-electron chi connectivity index (χ1n) is 6.17. The predicted molar refractivity (Wildman–Crippen MR) is 77.8 cm³/mol. The van der Waals surface area contributed by atoms with Gasteiger partial charge in [-0.1, -0.05) is 6.07 Å². The fourth-order valence-electron chi connectivity index (χ4n) is 2.34. The van der Waals surface area contributed by atoms with Crippen LogP contribution in [-0.2, 0) is 0 Å². The van der Waals surface area contributed by atoms with Crippen LogP contribution in [-0.4, -0.2) is 24.7 Å². The van der Waals surface area contributed by atoms with Crippen LogP contribution in [0.5, 0.6) is 0 Å². The zero-order chi connectivity index (χ0) is 12.6. The van der Waals surface area contributed by atoms with Crippen molar-refractivity contribution in [2.24, 2.45) is 0 Å². The van der Waals surface area contributed by atoms with Gasteiger partial charge in [-0.05, 0) is 61.3 Å². The Bertz CT molecular complexity index is 415. The van der Waals surface area contributed by atoms with Gasteiger partial charge in [0, 0.05) is 29.1 Å². The monoisotopic (exact) mass is 296 g/mol. The first-order chi connectivity index (χ1) is 7.89. The minimum Gasteiger partial charge on any atom is -0.365 e. The molecule has 94 valence electrons. The van der Waals surface area contributed by atoms with E-state index in [1.54, 1.807) is 0 Å². The Labute approximate surface area is 113 Å². The van der Waals surface area contributed by atoms with Crippen molar-refractivity contribution in [3.8, 4) is 0 Å². The summed E-state index contributed by atoms with van der Waals surface area (Å²) in [5.41, 5.74) is 2.80. The van der Waals surface area contributed by atoms with Crippen molar-refractivity contribution in [1.29, 1.82) is 0 Å². The summed E-state index contributed by atoms with van der Waals surface area (Å²) >= 11 is 3.67. The highest BCUT2D eigenvalue weighted by Crippen LogP contribution is 2.31. The van der Waals surface area contributed by atoms with E-state index in [1.807, 2.05) is 0 Å². The molecule has 0 saturated carbocycles. The molecule has 1 aromatic rings. The van der Waals surface area contributed by atoms with E-state index >= 15 is 0 Å². The van der Waals surface area contributed by atoms with E-state index in [2.05, 4.69) is 72.0 Å². The third-order valence-corrected chi connectivity index (χ3v) is 4.06. The molecule has 0 radical (unpaired) electrons. The molecule has 1 aliphatic heterocycles. The van der Waals surface area contributed by atoms with Gasteiger partial charge in [0.15, 0.2) is 0 Å². The minimum atomic E-state index is 0.176. The van der Waals surface area contributed by atoms with Crippen LogP contribution >= 0.6 is 15.9 Å². The SMILES string of the molecule is Cc1ccc(Br)c(N2CC(C)(C)NCC2C)c1. The molecule has 1 N–H and O–H groups in total. The number of hydrogen-bond donors (Lipinski definition) is 1. The molecule has 1 heterocycles. The van der Waals surface area contributed by atoms with Crippen molar-refractivity contribution in [2.75, 3.05) is 18.0 Å². The highest BCUT2D eigenvalue weighted by Gasteiger charge is 2.31. The maximum Gasteiger partial charge on any atom is 0.0516 e. The van der Waals surface area contributed by atoms with E-state index in [9.17, 15) is 0 Å². The lowest BCUT2D eigenvalue weighted by Gasteiger charge is -2.45. The second-order valence-corrected chi connectivity index (χ2v) is 6.55. The van der Waals surface area contributed by atoms with Crippen molar-refractivity contribution in [3.05, 3.63) is 28.2 Å². The summed E-state index contributed by atoms with van der Waals surface area (Å²) in [5, 5.41) is 3.58. The summed E-state index contributed by atoms with van der Waals surface area (Å²) in [6.45, 7) is 11.0. The lowest BCUT2D eigenvalue weighted by Crippen LogP contribution is -2.61. The molecule has 1 atom stereocenters. The number of aryl methyl sites for hydroxylation is 1. The van der Waals surface area contributed by atoms with Crippen molar-refractivity contribution in [1.82, 2.24) is 5.32 Å². The second kappa shape index (κ2) is 4.62. The highest BCUT2D eigenvalue weighted by atomic mass is 79.9. The molecule has 0 spiro atoms. The van der Waals surface area contributed by atoms with Crippen LogP contribution in [0.2, 0.25) is 0 Å². The maximum absolute atomic E-state index is 3.67. The Morgan fingerprint density at radius 3 is 2.82 bits per heavy atom. The predicted octanol–water partition coefficient (Wildman–Crippen LogP) is 3.33. The summed E-state index contributed by atoms with van der Waals surface area (Å²) in [5.74, 6) is 0. The average Bonchev–Trinajstić information content (AvgIpc) is 2.25. The fourth-order valence-corrected chi connectivity index (χ4v) is 2.81. The lowest BCUT2D eigenvalue weighted by atomic mass is 9.98. The van der Waals surface area contributed by atoms with E-state index in [1.165, 1.54) is 15.7 Å².